The first-order chi connectivity index (χ1) is 10.4. The molecule has 0 aromatic carbocycles. The predicted octanol–water partition coefficient (Wildman–Crippen LogP) is 5.61. The SMILES string of the molecule is CC(C)(CO)[C@H]1CC[C@H]2[C@@H](O[Si](C)(C)C(C)(C)C)CCC[C@]12C. The first-order valence-corrected chi connectivity index (χ1v) is 12.5. The van der Waals surface area contributed by atoms with Crippen molar-refractivity contribution in [2.24, 2.45) is 22.7 Å². The van der Waals surface area contributed by atoms with Gasteiger partial charge >= 0.3 is 0 Å². The molecule has 2 aliphatic rings. The van der Waals surface area contributed by atoms with Gasteiger partial charge in [-0.2, -0.15) is 0 Å². The van der Waals surface area contributed by atoms with Crippen LogP contribution in [-0.2, 0) is 4.43 Å². The molecule has 2 fully saturated rings. The zero-order chi connectivity index (χ0) is 17.7. The third-order valence-corrected chi connectivity index (χ3v) is 12.2. The molecule has 0 spiro atoms. The van der Waals surface area contributed by atoms with Gasteiger partial charge in [0.05, 0.1) is 0 Å². The lowest BCUT2D eigenvalue weighted by atomic mass is 9.58. The van der Waals surface area contributed by atoms with Crippen molar-refractivity contribution in [3.8, 4) is 0 Å². The summed E-state index contributed by atoms with van der Waals surface area (Å²) in [5.41, 5.74) is 0.375. The van der Waals surface area contributed by atoms with Crippen LogP contribution >= 0.6 is 0 Å². The summed E-state index contributed by atoms with van der Waals surface area (Å²) < 4.78 is 6.89. The van der Waals surface area contributed by atoms with Gasteiger partial charge in [-0.05, 0) is 66.5 Å². The lowest BCUT2D eigenvalue weighted by molar-refractivity contribution is -0.0499. The highest BCUT2D eigenvalue weighted by molar-refractivity contribution is 6.74. The highest BCUT2D eigenvalue weighted by atomic mass is 28.4. The fourth-order valence-electron chi connectivity index (χ4n) is 5.21. The molecule has 4 atom stereocenters. The molecule has 2 nitrogen and oxygen atoms in total. The van der Waals surface area contributed by atoms with E-state index in [0.717, 1.165) is 0 Å². The minimum absolute atomic E-state index is 0.0301. The van der Waals surface area contributed by atoms with Gasteiger partial charge < -0.3 is 9.53 Å². The number of hydrogen-bond donors (Lipinski definition) is 1. The van der Waals surface area contributed by atoms with Gasteiger partial charge in [-0.15, -0.1) is 0 Å². The summed E-state index contributed by atoms with van der Waals surface area (Å²) >= 11 is 0. The highest BCUT2D eigenvalue weighted by Crippen LogP contribution is 2.61. The average molecular weight is 341 g/mol. The van der Waals surface area contributed by atoms with Gasteiger partial charge in [-0.3, -0.25) is 0 Å². The third kappa shape index (κ3) is 3.43. The lowest BCUT2D eigenvalue weighted by Gasteiger charge is -2.51. The minimum atomic E-state index is -1.71. The van der Waals surface area contributed by atoms with E-state index >= 15 is 0 Å². The van der Waals surface area contributed by atoms with E-state index in [1.807, 2.05) is 0 Å². The van der Waals surface area contributed by atoms with Crippen LogP contribution in [-0.4, -0.2) is 26.1 Å². The fraction of sp³-hybridized carbons (Fsp3) is 1.00. The van der Waals surface area contributed by atoms with Crippen molar-refractivity contribution in [2.75, 3.05) is 6.61 Å². The summed E-state index contributed by atoms with van der Waals surface area (Å²) in [6, 6.07) is 0. The van der Waals surface area contributed by atoms with Crippen molar-refractivity contribution in [1.82, 2.24) is 0 Å². The molecule has 3 heteroatoms. The second kappa shape index (κ2) is 6.14. The molecule has 0 heterocycles. The summed E-state index contributed by atoms with van der Waals surface area (Å²) in [6.07, 6.45) is 6.80. The topological polar surface area (TPSA) is 29.5 Å². The Labute approximate surface area is 145 Å². The molecule has 0 aliphatic heterocycles. The highest BCUT2D eigenvalue weighted by Gasteiger charge is 2.56. The molecule has 136 valence electrons. The number of hydrogen-bond acceptors (Lipinski definition) is 2. The Kier molecular flexibility index (Phi) is 5.19. The first-order valence-electron chi connectivity index (χ1n) is 9.64. The molecular weight excluding hydrogens is 300 g/mol. The maximum atomic E-state index is 9.89. The maximum Gasteiger partial charge on any atom is 0.192 e. The van der Waals surface area contributed by atoms with E-state index in [2.05, 4.69) is 54.6 Å². The van der Waals surface area contributed by atoms with Crippen LogP contribution in [0.25, 0.3) is 0 Å². The van der Waals surface area contributed by atoms with E-state index in [1.165, 1.54) is 32.1 Å². The number of aliphatic hydroxyl groups excluding tert-OH is 1. The maximum absolute atomic E-state index is 9.89. The van der Waals surface area contributed by atoms with Crippen LogP contribution in [0.2, 0.25) is 18.1 Å². The number of aliphatic hydroxyl groups is 1. The van der Waals surface area contributed by atoms with Crippen LogP contribution < -0.4 is 0 Å². The monoisotopic (exact) mass is 340 g/mol. The third-order valence-electron chi connectivity index (χ3n) is 7.67. The fourth-order valence-corrected chi connectivity index (χ4v) is 6.60. The molecule has 2 aliphatic carbocycles. The van der Waals surface area contributed by atoms with Gasteiger partial charge in [0.2, 0.25) is 0 Å². The van der Waals surface area contributed by atoms with Gasteiger partial charge in [-0.1, -0.05) is 48.0 Å². The Morgan fingerprint density at radius 1 is 1.09 bits per heavy atom. The molecule has 2 rings (SSSR count). The molecule has 0 bridgehead atoms. The van der Waals surface area contributed by atoms with E-state index < -0.39 is 8.32 Å². The summed E-state index contributed by atoms with van der Waals surface area (Å²) in [4.78, 5) is 0. The quantitative estimate of drug-likeness (QED) is 0.674. The molecule has 23 heavy (non-hydrogen) atoms. The standard InChI is InChI=1S/C20H40O2Si/c1-18(2,3)23(7,8)22-16-10-9-13-20(6)15(16)11-12-17(20)19(4,5)14-21/h15-17,21H,9-14H2,1-8H3/t15-,16-,17+,20-/m0/s1. The van der Waals surface area contributed by atoms with Crippen LogP contribution in [0.4, 0.5) is 0 Å². The smallest absolute Gasteiger partial charge is 0.192 e. The van der Waals surface area contributed by atoms with E-state index in [9.17, 15) is 5.11 Å². The Balaban J connectivity index is 2.22. The number of fused-ring (bicyclic) bond motifs is 1. The lowest BCUT2D eigenvalue weighted by Crippen LogP contribution is -2.51. The Morgan fingerprint density at radius 3 is 2.22 bits per heavy atom. The molecule has 0 aromatic rings. The van der Waals surface area contributed by atoms with E-state index in [0.29, 0.717) is 30.0 Å². The predicted molar refractivity (Wildman–Crippen MR) is 101 cm³/mol. The summed E-state index contributed by atoms with van der Waals surface area (Å²) in [6.45, 7) is 19.1. The molecule has 0 radical (unpaired) electrons. The minimum Gasteiger partial charge on any atom is -0.414 e. The summed E-state index contributed by atoms with van der Waals surface area (Å²) in [5, 5.41) is 10.2. The summed E-state index contributed by atoms with van der Waals surface area (Å²) in [5.74, 6) is 1.30. The average Bonchev–Trinajstić information content (AvgIpc) is 2.76. The van der Waals surface area contributed by atoms with Crippen molar-refractivity contribution in [2.45, 2.75) is 97.9 Å². The first kappa shape index (κ1) is 19.5. The molecule has 1 N–H and O–H groups in total. The van der Waals surface area contributed by atoms with Gasteiger partial charge in [0, 0.05) is 12.7 Å². The molecular formula is C20H40O2Si. The van der Waals surface area contributed by atoms with Gasteiger partial charge in [0.1, 0.15) is 0 Å². The van der Waals surface area contributed by atoms with E-state index in [4.69, 9.17) is 4.43 Å². The zero-order valence-corrected chi connectivity index (χ0v) is 17.8. The Bertz CT molecular complexity index is 424. The van der Waals surface area contributed by atoms with Crippen LogP contribution in [0.1, 0.15) is 73.6 Å². The second-order valence-corrected chi connectivity index (χ2v) is 15.5. The van der Waals surface area contributed by atoms with Crippen molar-refractivity contribution in [1.29, 1.82) is 0 Å². The van der Waals surface area contributed by atoms with Crippen molar-refractivity contribution >= 4 is 8.32 Å². The molecule has 0 unspecified atom stereocenters. The normalized spacial score (nSPS) is 36.1. The van der Waals surface area contributed by atoms with Crippen LogP contribution in [0.5, 0.6) is 0 Å². The van der Waals surface area contributed by atoms with Crippen LogP contribution in [0.3, 0.4) is 0 Å². The molecule has 0 amide bonds. The van der Waals surface area contributed by atoms with E-state index in [-0.39, 0.29) is 10.5 Å². The van der Waals surface area contributed by atoms with Crippen LogP contribution in [0.15, 0.2) is 0 Å². The summed E-state index contributed by atoms with van der Waals surface area (Å²) in [7, 11) is -1.71. The van der Waals surface area contributed by atoms with Gasteiger partial charge in [0.15, 0.2) is 8.32 Å². The number of rotatable bonds is 4. The van der Waals surface area contributed by atoms with E-state index in [1.54, 1.807) is 0 Å². The van der Waals surface area contributed by atoms with Crippen molar-refractivity contribution in [3.63, 3.8) is 0 Å². The van der Waals surface area contributed by atoms with Crippen LogP contribution in [0, 0.1) is 22.7 Å². The largest absolute Gasteiger partial charge is 0.414 e. The van der Waals surface area contributed by atoms with Gasteiger partial charge in [0.25, 0.3) is 0 Å². The molecule has 0 aromatic heterocycles. The Hall–Kier alpha value is 0.137. The molecule has 0 saturated heterocycles. The zero-order valence-electron chi connectivity index (χ0n) is 16.8. The van der Waals surface area contributed by atoms with Gasteiger partial charge in [-0.25, -0.2) is 0 Å². The second-order valence-electron chi connectivity index (χ2n) is 10.7. The van der Waals surface area contributed by atoms with Crippen molar-refractivity contribution in [3.05, 3.63) is 0 Å². The molecule has 2 saturated carbocycles. The Morgan fingerprint density at radius 2 is 1.70 bits per heavy atom. The van der Waals surface area contributed by atoms with Crippen molar-refractivity contribution < 1.29 is 9.53 Å².